The molecule has 0 saturated carbocycles. The fraction of sp³-hybridized carbons (Fsp3) is 0.286. The van der Waals surface area contributed by atoms with Crippen LogP contribution in [0.2, 0.25) is 5.02 Å². The number of anilines is 1. The van der Waals surface area contributed by atoms with Gasteiger partial charge in [-0.3, -0.25) is 14.4 Å². The lowest BCUT2D eigenvalue weighted by atomic mass is 10.0. The van der Waals surface area contributed by atoms with E-state index in [1.807, 2.05) is 19.9 Å². The Morgan fingerprint density at radius 2 is 1.75 bits per heavy atom. The smallest absolute Gasteiger partial charge is 0.246 e. The summed E-state index contributed by atoms with van der Waals surface area (Å²) in [4.78, 5) is 38.8. The monoisotopic (exact) mass is 401 g/mol. The molecule has 0 aromatic heterocycles. The molecular weight excluding hydrogens is 378 g/mol. The van der Waals surface area contributed by atoms with Crippen molar-refractivity contribution in [2.24, 2.45) is 11.7 Å². The van der Waals surface area contributed by atoms with E-state index < -0.39 is 11.9 Å². The molecule has 2 aromatic carbocycles. The predicted octanol–water partition coefficient (Wildman–Crippen LogP) is 2.63. The molecular formula is C21H24ClN3O3. The second-order valence-electron chi connectivity index (χ2n) is 6.80. The van der Waals surface area contributed by atoms with E-state index in [2.05, 4.69) is 5.32 Å². The second-order valence-corrected chi connectivity index (χ2v) is 7.23. The van der Waals surface area contributed by atoms with Crippen molar-refractivity contribution in [1.29, 1.82) is 0 Å². The van der Waals surface area contributed by atoms with Gasteiger partial charge < -0.3 is 16.0 Å². The average Bonchev–Trinajstić information content (AvgIpc) is 2.70. The van der Waals surface area contributed by atoms with Crippen LogP contribution < -0.4 is 16.0 Å². The van der Waals surface area contributed by atoms with Crippen molar-refractivity contribution >= 4 is 34.9 Å². The third kappa shape index (κ3) is 5.18. The summed E-state index contributed by atoms with van der Waals surface area (Å²) in [5.74, 6) is -1.06. The first-order chi connectivity index (χ1) is 13.2. The number of likely N-dealkylation sites (N-methyl/N-ethyl adjacent to an activating group) is 1. The highest BCUT2D eigenvalue weighted by Gasteiger charge is 2.22. The quantitative estimate of drug-likeness (QED) is 0.697. The first kappa shape index (κ1) is 21.6. The number of nitrogens with two attached hydrogens (primary N) is 1. The molecule has 0 saturated heterocycles. The van der Waals surface area contributed by atoms with Crippen LogP contribution >= 0.6 is 11.6 Å². The molecule has 0 aliphatic rings. The highest BCUT2D eigenvalue weighted by Crippen LogP contribution is 2.26. The normalized spacial score (nSPS) is 11.8. The van der Waals surface area contributed by atoms with Crippen LogP contribution in [0.3, 0.4) is 0 Å². The number of nitrogens with zero attached hydrogens (tertiary/aromatic N) is 1. The zero-order valence-corrected chi connectivity index (χ0v) is 16.9. The molecule has 6 nitrogen and oxygen atoms in total. The first-order valence-corrected chi connectivity index (χ1v) is 9.29. The maximum Gasteiger partial charge on any atom is 0.246 e. The number of benzene rings is 2. The summed E-state index contributed by atoms with van der Waals surface area (Å²) in [5.41, 5.74) is 6.98. The molecule has 0 heterocycles. The van der Waals surface area contributed by atoms with Gasteiger partial charge in [0, 0.05) is 23.2 Å². The third-order valence-electron chi connectivity index (χ3n) is 4.41. The number of carbonyl (C=O) groups is 3. The van der Waals surface area contributed by atoms with Crippen LogP contribution in [0, 0.1) is 5.92 Å². The van der Waals surface area contributed by atoms with Gasteiger partial charge in [0.15, 0.2) is 5.78 Å². The third-order valence-corrected chi connectivity index (χ3v) is 4.64. The fourth-order valence-corrected chi connectivity index (χ4v) is 2.74. The summed E-state index contributed by atoms with van der Waals surface area (Å²) < 4.78 is 0. The molecule has 0 fully saturated rings. The van der Waals surface area contributed by atoms with E-state index in [0.717, 1.165) is 0 Å². The zero-order chi connectivity index (χ0) is 20.8. The molecule has 2 rings (SSSR count). The predicted molar refractivity (Wildman–Crippen MR) is 111 cm³/mol. The Balaban J connectivity index is 2.21. The number of amides is 2. The van der Waals surface area contributed by atoms with Crippen LogP contribution in [0.1, 0.15) is 29.8 Å². The van der Waals surface area contributed by atoms with Crippen LogP contribution in [0.4, 0.5) is 5.69 Å². The van der Waals surface area contributed by atoms with Crippen LogP contribution in [0.25, 0.3) is 0 Å². The zero-order valence-electron chi connectivity index (χ0n) is 16.1. The Labute approximate surface area is 169 Å². The molecule has 7 heteroatoms. The highest BCUT2D eigenvalue weighted by molar-refractivity contribution is 6.31. The Morgan fingerprint density at radius 1 is 1.11 bits per heavy atom. The second kappa shape index (κ2) is 9.48. The van der Waals surface area contributed by atoms with Gasteiger partial charge in [0.1, 0.15) is 0 Å². The minimum absolute atomic E-state index is 0.0424. The van der Waals surface area contributed by atoms with Crippen LogP contribution in [0.5, 0.6) is 0 Å². The molecule has 28 heavy (non-hydrogen) atoms. The summed E-state index contributed by atoms with van der Waals surface area (Å²) in [7, 11) is 1.54. The van der Waals surface area contributed by atoms with E-state index in [0.29, 0.717) is 21.8 Å². The number of nitrogens with one attached hydrogen (secondary N) is 1. The summed E-state index contributed by atoms with van der Waals surface area (Å²) in [6.07, 6.45) is 0. The van der Waals surface area contributed by atoms with Gasteiger partial charge in [-0.1, -0.05) is 55.8 Å². The highest BCUT2D eigenvalue weighted by atomic mass is 35.5. The van der Waals surface area contributed by atoms with Crippen molar-refractivity contribution in [1.82, 2.24) is 5.32 Å². The fourth-order valence-electron chi connectivity index (χ4n) is 2.56. The standard InChI is InChI=1S/C21H24ClN3O3/c1-13(2)19(23)21(28)24-12-18(26)25(3)17-10-9-15(22)11-16(17)20(27)14-7-5-4-6-8-14/h4-11,13,19H,12,23H2,1-3H3,(H,24,28). The summed E-state index contributed by atoms with van der Waals surface area (Å²) in [6.45, 7) is 3.43. The Hall–Kier alpha value is -2.70. The van der Waals surface area contributed by atoms with Crippen LogP contribution in [0.15, 0.2) is 48.5 Å². The summed E-state index contributed by atoms with van der Waals surface area (Å²) in [6, 6.07) is 12.8. The maximum absolute atomic E-state index is 12.9. The van der Waals surface area contributed by atoms with Crippen molar-refractivity contribution in [3.05, 3.63) is 64.7 Å². The van der Waals surface area contributed by atoms with Gasteiger partial charge in [-0.25, -0.2) is 0 Å². The Morgan fingerprint density at radius 3 is 2.36 bits per heavy atom. The topological polar surface area (TPSA) is 92.5 Å². The van der Waals surface area contributed by atoms with Gasteiger partial charge in [0.25, 0.3) is 0 Å². The lowest BCUT2D eigenvalue weighted by Gasteiger charge is -2.22. The average molecular weight is 402 g/mol. The van der Waals surface area contributed by atoms with E-state index in [1.54, 1.807) is 43.4 Å². The van der Waals surface area contributed by atoms with Gasteiger partial charge in [-0.2, -0.15) is 0 Å². The minimum Gasteiger partial charge on any atom is -0.346 e. The number of halogens is 1. The number of hydrogen-bond donors (Lipinski definition) is 2. The number of hydrogen-bond acceptors (Lipinski definition) is 4. The summed E-state index contributed by atoms with van der Waals surface area (Å²) >= 11 is 6.07. The molecule has 0 bridgehead atoms. The van der Waals surface area contributed by atoms with Crippen LogP contribution in [-0.4, -0.2) is 37.2 Å². The molecule has 0 radical (unpaired) electrons. The molecule has 2 aromatic rings. The van der Waals surface area contributed by atoms with E-state index in [9.17, 15) is 14.4 Å². The number of ketones is 1. The van der Waals surface area contributed by atoms with E-state index in [4.69, 9.17) is 17.3 Å². The molecule has 0 spiro atoms. The van der Waals surface area contributed by atoms with E-state index in [-0.39, 0.29) is 24.2 Å². The van der Waals surface area contributed by atoms with Crippen molar-refractivity contribution in [2.45, 2.75) is 19.9 Å². The van der Waals surface area contributed by atoms with E-state index in [1.165, 1.54) is 11.0 Å². The number of carbonyl (C=O) groups excluding carboxylic acids is 3. The molecule has 0 aliphatic heterocycles. The van der Waals surface area contributed by atoms with Crippen molar-refractivity contribution < 1.29 is 14.4 Å². The van der Waals surface area contributed by atoms with Gasteiger partial charge in [0.2, 0.25) is 11.8 Å². The molecule has 1 atom stereocenters. The lowest BCUT2D eigenvalue weighted by molar-refractivity contribution is -0.126. The first-order valence-electron chi connectivity index (χ1n) is 8.91. The molecule has 3 N–H and O–H groups in total. The van der Waals surface area contributed by atoms with Gasteiger partial charge in [-0.05, 0) is 24.1 Å². The van der Waals surface area contributed by atoms with Crippen LogP contribution in [-0.2, 0) is 9.59 Å². The van der Waals surface area contributed by atoms with Crippen molar-refractivity contribution in [2.75, 3.05) is 18.5 Å². The molecule has 2 amide bonds. The van der Waals surface area contributed by atoms with Crippen molar-refractivity contribution in [3.63, 3.8) is 0 Å². The molecule has 1 unspecified atom stereocenters. The molecule has 0 aliphatic carbocycles. The SMILES string of the molecule is CC(C)C(N)C(=O)NCC(=O)N(C)c1ccc(Cl)cc1C(=O)c1ccccc1. The van der Waals surface area contributed by atoms with Gasteiger partial charge >= 0.3 is 0 Å². The van der Waals surface area contributed by atoms with Crippen molar-refractivity contribution in [3.8, 4) is 0 Å². The Kier molecular flexibility index (Phi) is 7.31. The summed E-state index contributed by atoms with van der Waals surface area (Å²) in [5, 5.41) is 2.93. The largest absolute Gasteiger partial charge is 0.346 e. The minimum atomic E-state index is -0.691. The Bertz CT molecular complexity index is 868. The van der Waals surface area contributed by atoms with E-state index >= 15 is 0 Å². The number of rotatable bonds is 7. The molecule has 148 valence electrons. The van der Waals surface area contributed by atoms with Gasteiger partial charge in [-0.15, -0.1) is 0 Å². The van der Waals surface area contributed by atoms with Gasteiger partial charge in [0.05, 0.1) is 18.3 Å². The maximum atomic E-state index is 12.9. The lowest BCUT2D eigenvalue weighted by Crippen LogP contribution is -2.47.